The molecule has 1 saturated heterocycles. The summed E-state index contributed by atoms with van der Waals surface area (Å²) < 4.78 is 13.8. The Kier molecular flexibility index (Phi) is 2.77. The van der Waals surface area contributed by atoms with Gasteiger partial charge in [0.05, 0.1) is 19.0 Å². The molecule has 1 aliphatic heterocycles. The van der Waals surface area contributed by atoms with Crippen LogP contribution in [-0.2, 0) is 9.47 Å². The molecule has 0 amide bonds. The zero-order valence-corrected chi connectivity index (χ0v) is 12.3. The number of fused-ring (bicyclic) bond motifs is 2. The molecular weight excluding hydrogens is 286 g/mol. The van der Waals surface area contributed by atoms with Gasteiger partial charge >= 0.3 is 0 Å². The van der Waals surface area contributed by atoms with E-state index in [2.05, 4.69) is 15.0 Å². The minimum absolute atomic E-state index is 0.0686. The maximum absolute atomic E-state index is 9.58. The Morgan fingerprint density at radius 1 is 1.32 bits per heavy atom. The first-order valence-electron chi connectivity index (χ1n) is 7.10. The summed E-state index contributed by atoms with van der Waals surface area (Å²) in [5.74, 6) is -0.347. The summed E-state index contributed by atoms with van der Waals surface area (Å²) >= 11 is 0. The van der Waals surface area contributed by atoms with E-state index >= 15 is 0 Å². The lowest BCUT2D eigenvalue weighted by Crippen LogP contribution is -2.28. The Balaban J connectivity index is 1.81. The number of hydrogen-bond donors (Lipinski definition) is 2. The Hall–Kier alpha value is -2.03. The number of aliphatic hydroxyl groups excluding tert-OH is 1. The molecule has 8 heteroatoms. The van der Waals surface area contributed by atoms with Crippen LogP contribution < -0.4 is 5.73 Å². The Morgan fingerprint density at radius 3 is 2.91 bits per heavy atom. The van der Waals surface area contributed by atoms with E-state index in [4.69, 9.17) is 15.2 Å². The fraction of sp³-hybridized carbons (Fsp3) is 0.500. The highest BCUT2D eigenvalue weighted by Gasteiger charge is 2.50. The van der Waals surface area contributed by atoms with Crippen LogP contribution in [0.4, 0.5) is 5.82 Å². The van der Waals surface area contributed by atoms with Crippen LogP contribution in [0.1, 0.15) is 19.9 Å². The second kappa shape index (κ2) is 4.48. The van der Waals surface area contributed by atoms with Crippen molar-refractivity contribution in [2.45, 2.75) is 37.9 Å². The zero-order chi connectivity index (χ0) is 15.5. The van der Waals surface area contributed by atoms with Crippen molar-refractivity contribution in [2.24, 2.45) is 0 Å². The van der Waals surface area contributed by atoms with Crippen LogP contribution in [0.5, 0.6) is 0 Å². The maximum Gasteiger partial charge on any atom is 0.166 e. The van der Waals surface area contributed by atoms with Gasteiger partial charge in [-0.3, -0.25) is 0 Å². The standard InChI is InChI=1S/C14H17N5O3/c1-14(2)21-10-7(4-20)3-8(11(10)22-14)19-6-18-9-12(15)16-5-17-13(9)19/h3,5-6,8,10-11,20H,4H2,1-2H3,(H2,15,16,17)/t8-,10-,11+/m0/s1. The molecular formula is C14H17N5O3. The normalized spacial score (nSPS) is 29.8. The van der Waals surface area contributed by atoms with Crippen molar-refractivity contribution in [3.63, 3.8) is 0 Å². The van der Waals surface area contributed by atoms with Crippen molar-refractivity contribution in [1.82, 2.24) is 19.5 Å². The molecule has 0 bridgehead atoms. The van der Waals surface area contributed by atoms with Crippen LogP contribution >= 0.6 is 0 Å². The van der Waals surface area contributed by atoms with E-state index in [-0.39, 0.29) is 24.9 Å². The number of anilines is 1. The number of aliphatic hydroxyl groups is 1. The topological polar surface area (TPSA) is 108 Å². The number of nitrogens with two attached hydrogens (primary N) is 1. The average Bonchev–Trinajstić information content (AvgIpc) is 3.10. The molecule has 22 heavy (non-hydrogen) atoms. The number of hydrogen-bond acceptors (Lipinski definition) is 7. The number of nitrogens with zero attached hydrogens (tertiary/aromatic N) is 4. The first kappa shape index (κ1) is 13.6. The predicted molar refractivity (Wildman–Crippen MR) is 77.8 cm³/mol. The molecule has 8 nitrogen and oxygen atoms in total. The molecule has 3 atom stereocenters. The summed E-state index contributed by atoms with van der Waals surface area (Å²) in [5.41, 5.74) is 7.84. The largest absolute Gasteiger partial charge is 0.392 e. The Bertz CT molecular complexity index is 769. The lowest BCUT2D eigenvalue weighted by Gasteiger charge is -2.21. The maximum atomic E-state index is 9.58. The van der Waals surface area contributed by atoms with Gasteiger partial charge in [0.2, 0.25) is 0 Å². The predicted octanol–water partition coefficient (Wildman–Crippen LogP) is 0.402. The highest BCUT2D eigenvalue weighted by Crippen LogP contribution is 2.43. The first-order valence-corrected chi connectivity index (χ1v) is 7.10. The highest BCUT2D eigenvalue weighted by atomic mass is 16.8. The Morgan fingerprint density at radius 2 is 2.14 bits per heavy atom. The van der Waals surface area contributed by atoms with E-state index in [0.29, 0.717) is 17.0 Å². The van der Waals surface area contributed by atoms with Gasteiger partial charge in [-0.2, -0.15) is 0 Å². The minimum Gasteiger partial charge on any atom is -0.392 e. The van der Waals surface area contributed by atoms with Crippen molar-refractivity contribution >= 4 is 17.0 Å². The zero-order valence-electron chi connectivity index (χ0n) is 12.3. The quantitative estimate of drug-likeness (QED) is 0.773. The molecule has 0 radical (unpaired) electrons. The van der Waals surface area contributed by atoms with E-state index < -0.39 is 5.79 Å². The van der Waals surface area contributed by atoms with Crippen LogP contribution in [0.2, 0.25) is 0 Å². The fourth-order valence-electron chi connectivity index (χ4n) is 3.20. The van der Waals surface area contributed by atoms with Gasteiger partial charge in [-0.15, -0.1) is 0 Å². The van der Waals surface area contributed by atoms with Crippen molar-refractivity contribution in [3.05, 3.63) is 24.3 Å². The van der Waals surface area contributed by atoms with Gasteiger partial charge in [-0.25, -0.2) is 15.0 Å². The summed E-state index contributed by atoms with van der Waals surface area (Å²) in [6.45, 7) is 3.66. The van der Waals surface area contributed by atoms with Gasteiger partial charge in [-0.05, 0) is 19.4 Å². The lowest BCUT2D eigenvalue weighted by atomic mass is 10.1. The molecule has 0 aromatic carbocycles. The highest BCUT2D eigenvalue weighted by molar-refractivity contribution is 5.81. The lowest BCUT2D eigenvalue weighted by molar-refractivity contribution is -0.148. The van der Waals surface area contributed by atoms with Gasteiger partial charge in [0.1, 0.15) is 24.1 Å². The Labute approximate surface area is 126 Å². The number of imidazole rings is 1. The average molecular weight is 303 g/mol. The van der Waals surface area contributed by atoms with E-state index in [1.165, 1.54) is 6.33 Å². The van der Waals surface area contributed by atoms with Crippen molar-refractivity contribution in [1.29, 1.82) is 0 Å². The fourth-order valence-corrected chi connectivity index (χ4v) is 3.20. The van der Waals surface area contributed by atoms with Crippen LogP contribution in [0.15, 0.2) is 24.3 Å². The third-order valence-electron chi connectivity index (χ3n) is 4.11. The molecule has 3 N–H and O–H groups in total. The number of rotatable bonds is 2. The van der Waals surface area contributed by atoms with E-state index in [0.717, 1.165) is 5.57 Å². The smallest absolute Gasteiger partial charge is 0.166 e. The van der Waals surface area contributed by atoms with Crippen LogP contribution in [0, 0.1) is 0 Å². The third-order valence-corrected chi connectivity index (χ3v) is 4.11. The van der Waals surface area contributed by atoms with Gasteiger partial charge in [0.15, 0.2) is 17.3 Å². The molecule has 116 valence electrons. The molecule has 0 unspecified atom stereocenters. The first-order chi connectivity index (χ1) is 10.5. The monoisotopic (exact) mass is 303 g/mol. The molecule has 2 aliphatic rings. The number of ether oxygens (including phenoxy) is 2. The van der Waals surface area contributed by atoms with E-state index in [9.17, 15) is 5.11 Å². The summed E-state index contributed by atoms with van der Waals surface area (Å²) in [4.78, 5) is 12.5. The molecule has 1 aliphatic carbocycles. The molecule has 4 rings (SSSR count). The summed E-state index contributed by atoms with van der Waals surface area (Å²) in [6, 6.07) is -0.159. The summed E-state index contributed by atoms with van der Waals surface area (Å²) in [5, 5.41) is 9.58. The SMILES string of the molecule is CC1(C)O[C@H]2[C@@H](O1)C(CO)=C[C@@H]2n1cnc2c(N)ncnc21. The van der Waals surface area contributed by atoms with Gasteiger partial charge < -0.3 is 24.9 Å². The second-order valence-corrected chi connectivity index (χ2v) is 5.99. The van der Waals surface area contributed by atoms with E-state index in [1.54, 1.807) is 6.33 Å². The van der Waals surface area contributed by atoms with Gasteiger partial charge in [0.25, 0.3) is 0 Å². The number of nitrogen functional groups attached to an aromatic ring is 1. The molecule has 1 fully saturated rings. The van der Waals surface area contributed by atoms with Gasteiger partial charge in [0, 0.05) is 0 Å². The molecule has 2 aromatic heterocycles. The molecule has 3 heterocycles. The number of aromatic nitrogens is 4. The molecule has 0 spiro atoms. The molecule has 2 aromatic rings. The van der Waals surface area contributed by atoms with Crippen molar-refractivity contribution < 1.29 is 14.6 Å². The van der Waals surface area contributed by atoms with Crippen molar-refractivity contribution in [3.8, 4) is 0 Å². The van der Waals surface area contributed by atoms with Crippen LogP contribution in [0.3, 0.4) is 0 Å². The van der Waals surface area contributed by atoms with Gasteiger partial charge in [-0.1, -0.05) is 6.08 Å². The second-order valence-electron chi connectivity index (χ2n) is 5.99. The van der Waals surface area contributed by atoms with Crippen LogP contribution in [-0.4, -0.2) is 49.2 Å². The minimum atomic E-state index is -0.688. The summed E-state index contributed by atoms with van der Waals surface area (Å²) in [7, 11) is 0. The summed E-state index contributed by atoms with van der Waals surface area (Å²) in [6.07, 6.45) is 4.54. The van der Waals surface area contributed by atoms with Crippen LogP contribution in [0.25, 0.3) is 11.2 Å². The van der Waals surface area contributed by atoms with Crippen molar-refractivity contribution in [2.75, 3.05) is 12.3 Å². The molecule has 0 saturated carbocycles. The van der Waals surface area contributed by atoms with E-state index in [1.807, 2.05) is 24.5 Å². The third kappa shape index (κ3) is 1.84.